The molecular weight excluding hydrogens is 551 g/mol. The molecule has 0 N–H and O–H groups in total. The van der Waals surface area contributed by atoms with Crippen LogP contribution < -0.4 is 19.9 Å². The van der Waals surface area contributed by atoms with Gasteiger partial charge in [0.25, 0.3) is 12.0 Å². The highest BCUT2D eigenvalue weighted by molar-refractivity contribution is 6.04. The lowest BCUT2D eigenvalue weighted by atomic mass is 9.82. The topological polar surface area (TPSA) is 77.8 Å². The van der Waals surface area contributed by atoms with Crippen LogP contribution in [0.1, 0.15) is 39.4 Å². The number of rotatable bonds is 10. The summed E-state index contributed by atoms with van der Waals surface area (Å²) in [6.45, 7) is -0.938. The van der Waals surface area contributed by atoms with Crippen LogP contribution in [-0.2, 0) is 11.3 Å². The second-order valence-electron chi connectivity index (χ2n) is 9.73. The molecular formula is C29H27F5N2O5. The third-order valence-corrected chi connectivity index (χ3v) is 7.12. The number of ether oxygens (including phenoxy) is 2. The Labute approximate surface area is 232 Å². The number of Topliss-reactive ketones (excluding diaryl/α,β-unsaturated/α-hetero) is 1. The molecule has 2 atom stereocenters. The van der Waals surface area contributed by atoms with E-state index in [9.17, 15) is 31.9 Å². The van der Waals surface area contributed by atoms with Crippen LogP contribution in [0.3, 0.4) is 0 Å². The summed E-state index contributed by atoms with van der Waals surface area (Å²) in [6.07, 6.45) is -2.00. The molecule has 218 valence electrons. The SMILES string of the molecule is COc1cc(C)c([C@@H]2CN(c3c(C)ccn(CC(F)F)c3=O)C(=O)[C@H]2CC(=O)c2ccc(OC(F)F)cc2)c(F)c1. The van der Waals surface area contributed by atoms with Gasteiger partial charge in [0.1, 0.15) is 23.0 Å². The Morgan fingerprint density at radius 1 is 1.00 bits per heavy atom. The molecule has 4 rings (SSSR count). The van der Waals surface area contributed by atoms with E-state index < -0.39 is 60.9 Å². The fourth-order valence-corrected chi connectivity index (χ4v) is 5.23. The first kappa shape index (κ1) is 29.8. The minimum atomic E-state index is -3.05. The molecule has 7 nitrogen and oxygen atoms in total. The van der Waals surface area contributed by atoms with Gasteiger partial charge in [-0.1, -0.05) is 0 Å². The third kappa shape index (κ3) is 6.26. The largest absolute Gasteiger partial charge is 0.497 e. The van der Waals surface area contributed by atoms with Crippen molar-refractivity contribution < 1.29 is 41.0 Å². The van der Waals surface area contributed by atoms with E-state index in [2.05, 4.69) is 4.74 Å². The van der Waals surface area contributed by atoms with E-state index >= 15 is 4.39 Å². The first-order chi connectivity index (χ1) is 19.4. The van der Waals surface area contributed by atoms with Gasteiger partial charge in [-0.05, 0) is 66.9 Å². The van der Waals surface area contributed by atoms with Gasteiger partial charge in [-0.2, -0.15) is 8.78 Å². The number of pyridine rings is 1. The Balaban J connectivity index is 1.75. The lowest BCUT2D eigenvalue weighted by molar-refractivity contribution is -0.120. The number of aromatic nitrogens is 1. The van der Waals surface area contributed by atoms with Crippen molar-refractivity contribution in [1.82, 2.24) is 4.57 Å². The fourth-order valence-electron chi connectivity index (χ4n) is 5.23. The van der Waals surface area contributed by atoms with Crippen LogP contribution in [-0.4, -0.2) is 42.9 Å². The molecule has 12 heteroatoms. The van der Waals surface area contributed by atoms with Crippen molar-refractivity contribution in [3.05, 3.63) is 87.1 Å². The number of methoxy groups -OCH3 is 1. The van der Waals surface area contributed by atoms with Gasteiger partial charge < -0.3 is 18.9 Å². The summed E-state index contributed by atoms with van der Waals surface area (Å²) >= 11 is 0. The molecule has 1 fully saturated rings. The number of alkyl halides is 4. The lowest BCUT2D eigenvalue weighted by Crippen LogP contribution is -2.36. The monoisotopic (exact) mass is 578 g/mol. The summed E-state index contributed by atoms with van der Waals surface area (Å²) in [7, 11) is 1.37. The first-order valence-corrected chi connectivity index (χ1v) is 12.6. The van der Waals surface area contributed by atoms with Crippen LogP contribution in [0.5, 0.6) is 11.5 Å². The predicted octanol–water partition coefficient (Wildman–Crippen LogP) is 5.50. The molecule has 2 aromatic carbocycles. The molecule has 2 heterocycles. The summed E-state index contributed by atoms with van der Waals surface area (Å²) in [5.41, 5.74) is 0.123. The van der Waals surface area contributed by atoms with Crippen molar-refractivity contribution in [2.45, 2.75) is 45.8 Å². The minimum absolute atomic E-state index is 0.110. The Morgan fingerprint density at radius 3 is 2.27 bits per heavy atom. The number of halogens is 5. The molecule has 0 saturated carbocycles. The number of hydrogen-bond donors (Lipinski definition) is 0. The van der Waals surface area contributed by atoms with Crippen molar-refractivity contribution in [3.8, 4) is 11.5 Å². The number of anilines is 1. The molecule has 0 bridgehead atoms. The lowest BCUT2D eigenvalue weighted by Gasteiger charge is -2.21. The van der Waals surface area contributed by atoms with Gasteiger partial charge in [0, 0.05) is 36.7 Å². The highest BCUT2D eigenvalue weighted by Gasteiger charge is 2.45. The van der Waals surface area contributed by atoms with Crippen molar-refractivity contribution in [1.29, 1.82) is 0 Å². The molecule has 1 aliphatic heterocycles. The maximum absolute atomic E-state index is 15.4. The third-order valence-electron chi connectivity index (χ3n) is 7.12. The molecule has 0 radical (unpaired) electrons. The molecule has 1 amide bonds. The highest BCUT2D eigenvalue weighted by Crippen LogP contribution is 2.42. The molecule has 1 saturated heterocycles. The molecule has 0 aliphatic carbocycles. The number of carbonyl (C=O) groups is 2. The van der Waals surface area contributed by atoms with Crippen LogP contribution in [0.25, 0.3) is 0 Å². The molecule has 41 heavy (non-hydrogen) atoms. The van der Waals surface area contributed by atoms with Crippen LogP contribution in [0.2, 0.25) is 0 Å². The van der Waals surface area contributed by atoms with Crippen LogP contribution in [0, 0.1) is 25.6 Å². The van der Waals surface area contributed by atoms with Crippen LogP contribution in [0.15, 0.2) is 53.5 Å². The van der Waals surface area contributed by atoms with Gasteiger partial charge in [0.15, 0.2) is 5.78 Å². The highest BCUT2D eigenvalue weighted by atomic mass is 19.3. The zero-order valence-corrected chi connectivity index (χ0v) is 22.4. The second-order valence-corrected chi connectivity index (χ2v) is 9.73. The molecule has 0 unspecified atom stereocenters. The standard InChI is InChI=1S/C29H27F5N2O5/c1-15-8-9-35(14-24(31)32)28(39)26(15)36-13-21(25-16(2)10-19(40-3)11-22(25)30)20(27(36)38)12-23(37)17-4-6-18(7-5-17)41-29(33)34/h4-11,20-21,24,29H,12-14H2,1-3H3/t20-,21+/m0/s1. The molecule has 1 aliphatic rings. The van der Waals surface area contributed by atoms with Gasteiger partial charge in [-0.15, -0.1) is 0 Å². The average molecular weight is 579 g/mol. The summed E-state index contributed by atoms with van der Waals surface area (Å²) in [5.74, 6) is -3.77. The predicted molar refractivity (Wildman–Crippen MR) is 140 cm³/mol. The van der Waals surface area contributed by atoms with Crippen LogP contribution in [0.4, 0.5) is 27.6 Å². The maximum Gasteiger partial charge on any atom is 0.387 e. The van der Waals surface area contributed by atoms with E-state index in [0.29, 0.717) is 11.1 Å². The van der Waals surface area contributed by atoms with Crippen molar-refractivity contribution in [3.63, 3.8) is 0 Å². The number of amides is 1. The van der Waals surface area contributed by atoms with E-state index in [1.54, 1.807) is 19.9 Å². The van der Waals surface area contributed by atoms with Crippen LogP contribution >= 0.6 is 0 Å². The Morgan fingerprint density at radius 2 is 1.68 bits per heavy atom. The summed E-state index contributed by atoms with van der Waals surface area (Å²) in [4.78, 5) is 41.4. The van der Waals surface area contributed by atoms with E-state index in [4.69, 9.17) is 4.74 Å². The minimum Gasteiger partial charge on any atom is -0.497 e. The van der Waals surface area contributed by atoms with Crippen molar-refractivity contribution in [2.75, 3.05) is 18.6 Å². The smallest absolute Gasteiger partial charge is 0.387 e. The molecule has 3 aromatic rings. The van der Waals surface area contributed by atoms with Gasteiger partial charge in [0.05, 0.1) is 19.6 Å². The number of aryl methyl sites for hydroxylation is 2. The molecule has 1 aromatic heterocycles. The van der Waals surface area contributed by atoms with Gasteiger partial charge >= 0.3 is 6.61 Å². The normalized spacial score (nSPS) is 17.0. The average Bonchev–Trinajstić information content (AvgIpc) is 3.20. The fraction of sp³-hybridized carbons (Fsp3) is 0.345. The van der Waals surface area contributed by atoms with E-state index in [0.717, 1.165) is 15.5 Å². The Bertz CT molecular complexity index is 1480. The van der Waals surface area contributed by atoms with Crippen molar-refractivity contribution in [2.24, 2.45) is 5.92 Å². The van der Waals surface area contributed by atoms with Gasteiger partial charge in [0.2, 0.25) is 5.91 Å². The number of nitrogens with zero attached hydrogens (tertiary/aromatic N) is 2. The zero-order valence-electron chi connectivity index (χ0n) is 22.4. The summed E-state index contributed by atoms with van der Waals surface area (Å²) in [6, 6.07) is 9.08. The maximum atomic E-state index is 15.4. The van der Waals surface area contributed by atoms with Gasteiger partial charge in [-0.3, -0.25) is 14.4 Å². The quantitative estimate of drug-likeness (QED) is 0.235. The van der Waals surface area contributed by atoms with Gasteiger partial charge in [-0.25, -0.2) is 13.2 Å². The Hall–Kier alpha value is -4.22. The summed E-state index contributed by atoms with van der Waals surface area (Å²) in [5, 5.41) is 0. The number of benzene rings is 2. The van der Waals surface area contributed by atoms with Crippen molar-refractivity contribution >= 4 is 17.4 Å². The Kier molecular flexibility index (Phi) is 8.79. The van der Waals surface area contributed by atoms with E-state index in [-0.39, 0.29) is 34.9 Å². The molecule has 0 spiro atoms. The summed E-state index contributed by atoms with van der Waals surface area (Å²) < 4.78 is 76.9. The number of hydrogen-bond acceptors (Lipinski definition) is 5. The zero-order chi connectivity index (χ0) is 30.0. The first-order valence-electron chi connectivity index (χ1n) is 12.6. The number of carbonyl (C=O) groups excluding carboxylic acids is 2. The van der Waals surface area contributed by atoms with E-state index in [1.807, 2.05) is 0 Å². The number of ketones is 1. The van der Waals surface area contributed by atoms with E-state index in [1.165, 1.54) is 43.6 Å². The second kappa shape index (κ2) is 12.1.